The van der Waals surface area contributed by atoms with Gasteiger partial charge in [-0.05, 0) is 25.3 Å². The van der Waals surface area contributed by atoms with Crippen LogP contribution >= 0.6 is 11.6 Å². The Morgan fingerprint density at radius 1 is 1.58 bits per heavy atom. The first kappa shape index (κ1) is 13.7. The van der Waals surface area contributed by atoms with Gasteiger partial charge in [0, 0.05) is 12.6 Å². The SMILES string of the molecule is CC1CC(C)N(C(=O)c2cc(Cl)ncc2[N+](=O)[O-])C1. The van der Waals surface area contributed by atoms with Crippen LogP contribution in [0.25, 0.3) is 0 Å². The maximum Gasteiger partial charge on any atom is 0.300 e. The molecule has 19 heavy (non-hydrogen) atoms. The predicted octanol–water partition coefficient (Wildman–Crippen LogP) is 2.51. The summed E-state index contributed by atoms with van der Waals surface area (Å²) in [6.07, 6.45) is 1.93. The van der Waals surface area contributed by atoms with Crippen molar-refractivity contribution in [3.05, 3.63) is 33.1 Å². The van der Waals surface area contributed by atoms with E-state index in [1.807, 2.05) is 6.92 Å². The van der Waals surface area contributed by atoms with Gasteiger partial charge in [0.15, 0.2) is 0 Å². The number of pyridine rings is 1. The minimum Gasteiger partial charge on any atom is -0.335 e. The van der Waals surface area contributed by atoms with Crippen molar-refractivity contribution in [1.82, 2.24) is 9.88 Å². The Morgan fingerprint density at radius 2 is 2.26 bits per heavy atom. The molecule has 7 heteroatoms. The molecule has 2 unspecified atom stereocenters. The van der Waals surface area contributed by atoms with Crippen LogP contribution in [0.2, 0.25) is 5.15 Å². The van der Waals surface area contributed by atoms with Crippen LogP contribution in [0.4, 0.5) is 5.69 Å². The van der Waals surface area contributed by atoms with Gasteiger partial charge in [0.1, 0.15) is 16.9 Å². The molecule has 0 spiro atoms. The van der Waals surface area contributed by atoms with Crippen LogP contribution in [0.3, 0.4) is 0 Å². The molecular weight excluding hydrogens is 270 g/mol. The zero-order valence-electron chi connectivity index (χ0n) is 10.7. The highest BCUT2D eigenvalue weighted by atomic mass is 35.5. The normalized spacial score (nSPS) is 22.6. The van der Waals surface area contributed by atoms with Crippen molar-refractivity contribution in [2.24, 2.45) is 5.92 Å². The van der Waals surface area contributed by atoms with E-state index in [0.717, 1.165) is 12.6 Å². The first-order valence-electron chi connectivity index (χ1n) is 6.01. The van der Waals surface area contributed by atoms with Gasteiger partial charge in [0.25, 0.3) is 11.6 Å². The van der Waals surface area contributed by atoms with Crippen molar-refractivity contribution in [1.29, 1.82) is 0 Å². The molecule has 6 nitrogen and oxygen atoms in total. The number of likely N-dealkylation sites (tertiary alicyclic amines) is 1. The summed E-state index contributed by atoms with van der Waals surface area (Å²) in [6, 6.07) is 1.34. The molecule has 1 fully saturated rings. The number of amides is 1. The maximum absolute atomic E-state index is 12.4. The Labute approximate surface area is 115 Å². The van der Waals surface area contributed by atoms with E-state index in [1.165, 1.54) is 6.07 Å². The van der Waals surface area contributed by atoms with E-state index in [4.69, 9.17) is 11.6 Å². The largest absolute Gasteiger partial charge is 0.335 e. The average Bonchev–Trinajstić information content (AvgIpc) is 2.67. The van der Waals surface area contributed by atoms with E-state index >= 15 is 0 Å². The Kier molecular flexibility index (Phi) is 3.71. The second kappa shape index (κ2) is 5.13. The quantitative estimate of drug-likeness (QED) is 0.475. The van der Waals surface area contributed by atoms with E-state index in [-0.39, 0.29) is 28.4 Å². The zero-order chi connectivity index (χ0) is 14.2. The molecule has 0 aliphatic carbocycles. The van der Waals surface area contributed by atoms with Gasteiger partial charge in [0.05, 0.1) is 4.92 Å². The fourth-order valence-electron chi connectivity index (χ4n) is 2.48. The Balaban J connectivity index is 2.38. The minimum atomic E-state index is -0.610. The highest BCUT2D eigenvalue weighted by Crippen LogP contribution is 2.28. The van der Waals surface area contributed by atoms with Crippen LogP contribution in [0.15, 0.2) is 12.3 Å². The van der Waals surface area contributed by atoms with Crippen LogP contribution in [-0.2, 0) is 0 Å². The number of carbonyl (C=O) groups is 1. The molecule has 1 aromatic heterocycles. The fourth-order valence-corrected chi connectivity index (χ4v) is 2.63. The van der Waals surface area contributed by atoms with E-state index in [0.29, 0.717) is 12.5 Å². The summed E-state index contributed by atoms with van der Waals surface area (Å²) in [5.74, 6) is 0.0446. The van der Waals surface area contributed by atoms with Crippen molar-refractivity contribution in [2.75, 3.05) is 6.54 Å². The molecule has 1 amide bonds. The third-order valence-electron chi connectivity index (χ3n) is 3.32. The summed E-state index contributed by atoms with van der Waals surface area (Å²) in [6.45, 7) is 4.60. The zero-order valence-corrected chi connectivity index (χ0v) is 11.4. The fraction of sp³-hybridized carbons (Fsp3) is 0.500. The number of halogens is 1. The lowest BCUT2D eigenvalue weighted by Crippen LogP contribution is -2.34. The lowest BCUT2D eigenvalue weighted by molar-refractivity contribution is -0.385. The first-order valence-corrected chi connectivity index (χ1v) is 6.39. The van der Waals surface area contributed by atoms with E-state index in [1.54, 1.807) is 4.90 Å². The highest BCUT2D eigenvalue weighted by Gasteiger charge is 2.33. The van der Waals surface area contributed by atoms with Gasteiger partial charge in [-0.2, -0.15) is 0 Å². The van der Waals surface area contributed by atoms with Crippen molar-refractivity contribution >= 4 is 23.2 Å². The number of carbonyl (C=O) groups excluding carboxylic acids is 1. The molecule has 1 saturated heterocycles. The van der Waals surface area contributed by atoms with Crippen LogP contribution in [-0.4, -0.2) is 33.3 Å². The van der Waals surface area contributed by atoms with E-state index in [9.17, 15) is 14.9 Å². The molecular formula is C12H14ClN3O3. The molecule has 102 valence electrons. The van der Waals surface area contributed by atoms with Crippen LogP contribution in [0.5, 0.6) is 0 Å². The van der Waals surface area contributed by atoms with Gasteiger partial charge < -0.3 is 4.90 Å². The number of nitrogens with zero attached hydrogens (tertiary/aromatic N) is 3. The molecule has 0 saturated carbocycles. The minimum absolute atomic E-state index is 0.00551. The predicted molar refractivity (Wildman–Crippen MR) is 70.2 cm³/mol. The summed E-state index contributed by atoms with van der Waals surface area (Å²) < 4.78 is 0. The summed E-state index contributed by atoms with van der Waals surface area (Å²) in [5, 5.41) is 11.0. The second-order valence-electron chi connectivity index (χ2n) is 4.93. The molecule has 0 bridgehead atoms. The molecule has 1 aliphatic heterocycles. The second-order valence-corrected chi connectivity index (χ2v) is 5.32. The average molecular weight is 284 g/mol. The number of hydrogen-bond donors (Lipinski definition) is 0. The lowest BCUT2D eigenvalue weighted by atomic mass is 10.1. The van der Waals surface area contributed by atoms with Crippen LogP contribution in [0, 0.1) is 16.0 Å². The highest BCUT2D eigenvalue weighted by molar-refractivity contribution is 6.29. The molecule has 1 aliphatic rings. The Bertz CT molecular complexity index is 535. The van der Waals surface area contributed by atoms with Crippen molar-refractivity contribution in [3.8, 4) is 0 Å². The molecule has 2 atom stereocenters. The lowest BCUT2D eigenvalue weighted by Gasteiger charge is -2.21. The van der Waals surface area contributed by atoms with Crippen LogP contribution < -0.4 is 0 Å². The Morgan fingerprint density at radius 3 is 2.79 bits per heavy atom. The molecule has 0 radical (unpaired) electrons. The van der Waals surface area contributed by atoms with Gasteiger partial charge >= 0.3 is 0 Å². The number of nitro groups is 1. The summed E-state index contributed by atoms with van der Waals surface area (Å²) in [5.41, 5.74) is -0.299. The molecule has 1 aromatic rings. The van der Waals surface area contributed by atoms with Crippen molar-refractivity contribution in [3.63, 3.8) is 0 Å². The van der Waals surface area contributed by atoms with Gasteiger partial charge in [-0.25, -0.2) is 4.98 Å². The first-order chi connectivity index (χ1) is 8.90. The van der Waals surface area contributed by atoms with E-state index in [2.05, 4.69) is 11.9 Å². The smallest absolute Gasteiger partial charge is 0.300 e. The number of aromatic nitrogens is 1. The molecule has 2 heterocycles. The third kappa shape index (κ3) is 2.68. The molecule has 0 aromatic carbocycles. The maximum atomic E-state index is 12.4. The topological polar surface area (TPSA) is 76.3 Å². The van der Waals surface area contributed by atoms with Gasteiger partial charge in [-0.3, -0.25) is 14.9 Å². The number of rotatable bonds is 2. The van der Waals surface area contributed by atoms with Crippen LogP contribution in [0.1, 0.15) is 30.6 Å². The molecule has 2 rings (SSSR count). The Hall–Kier alpha value is -1.69. The van der Waals surface area contributed by atoms with Crippen molar-refractivity contribution in [2.45, 2.75) is 26.3 Å². The van der Waals surface area contributed by atoms with Gasteiger partial charge in [-0.15, -0.1) is 0 Å². The van der Waals surface area contributed by atoms with E-state index < -0.39 is 4.92 Å². The summed E-state index contributed by atoms with van der Waals surface area (Å²) in [4.78, 5) is 28.1. The van der Waals surface area contributed by atoms with Gasteiger partial charge in [-0.1, -0.05) is 18.5 Å². The summed E-state index contributed by atoms with van der Waals surface area (Å²) >= 11 is 5.73. The number of hydrogen-bond acceptors (Lipinski definition) is 4. The standard InChI is InChI=1S/C12H14ClN3O3/c1-7-3-8(2)15(6-7)12(17)9-4-11(13)14-5-10(9)16(18)19/h4-5,7-8H,3,6H2,1-2H3. The third-order valence-corrected chi connectivity index (χ3v) is 3.53. The summed E-state index contributed by atoms with van der Waals surface area (Å²) in [7, 11) is 0. The van der Waals surface area contributed by atoms with Crippen molar-refractivity contribution < 1.29 is 9.72 Å². The molecule has 0 N–H and O–H groups in total. The monoisotopic (exact) mass is 283 g/mol. The van der Waals surface area contributed by atoms with Gasteiger partial charge in [0.2, 0.25) is 0 Å².